The molecule has 1 saturated carbocycles. The molecule has 2 heteroatoms. The number of hydrogen-bond acceptors (Lipinski definition) is 2. The lowest BCUT2D eigenvalue weighted by molar-refractivity contribution is 0.502. The van der Waals surface area contributed by atoms with Crippen molar-refractivity contribution < 1.29 is 0 Å². The topological polar surface area (TPSA) is 35.8 Å². The lowest BCUT2D eigenvalue weighted by Crippen LogP contribution is -2.18. The zero-order valence-corrected chi connectivity index (χ0v) is 10.4. The van der Waals surface area contributed by atoms with Gasteiger partial charge in [-0.05, 0) is 43.4 Å². The molecule has 0 saturated heterocycles. The smallest absolute Gasteiger partial charge is 0.0992 e. The molecule has 1 aromatic rings. The molecule has 90 valence electrons. The van der Waals surface area contributed by atoms with Crippen molar-refractivity contribution in [3.63, 3.8) is 0 Å². The van der Waals surface area contributed by atoms with Gasteiger partial charge in [0, 0.05) is 11.7 Å². The third kappa shape index (κ3) is 3.49. The summed E-state index contributed by atoms with van der Waals surface area (Å²) in [6.45, 7) is 2.35. The largest absolute Gasteiger partial charge is 0.382 e. The summed E-state index contributed by atoms with van der Waals surface area (Å²) in [4.78, 5) is 0. The van der Waals surface area contributed by atoms with Crippen molar-refractivity contribution in [2.45, 2.75) is 45.1 Å². The predicted octanol–water partition coefficient (Wildman–Crippen LogP) is 3.94. The fourth-order valence-electron chi connectivity index (χ4n) is 2.55. The second-order valence-corrected chi connectivity index (χ2v) is 5.15. The molecule has 2 atom stereocenters. The van der Waals surface area contributed by atoms with Gasteiger partial charge in [-0.15, -0.1) is 0 Å². The lowest BCUT2D eigenvalue weighted by atomic mass is 10.0. The highest BCUT2D eigenvalue weighted by Crippen LogP contribution is 2.25. The highest BCUT2D eigenvalue weighted by atomic mass is 14.9. The van der Waals surface area contributed by atoms with Gasteiger partial charge in [0.15, 0.2) is 0 Å². The van der Waals surface area contributed by atoms with Crippen LogP contribution < -0.4 is 5.32 Å². The van der Waals surface area contributed by atoms with Crippen molar-refractivity contribution in [2.24, 2.45) is 5.92 Å². The Kier molecular flexibility index (Phi) is 4.03. The van der Waals surface area contributed by atoms with Crippen molar-refractivity contribution in [3.8, 4) is 6.07 Å². The molecule has 0 radical (unpaired) electrons. The molecule has 0 aliphatic heterocycles. The van der Waals surface area contributed by atoms with Gasteiger partial charge in [-0.25, -0.2) is 0 Å². The van der Waals surface area contributed by atoms with Crippen LogP contribution in [0.4, 0.5) is 5.69 Å². The molecule has 1 aromatic carbocycles. The number of nitrogens with zero attached hydrogens (tertiary/aromatic N) is 1. The van der Waals surface area contributed by atoms with Crippen LogP contribution in [0.25, 0.3) is 0 Å². The van der Waals surface area contributed by atoms with Crippen molar-refractivity contribution >= 4 is 5.69 Å². The van der Waals surface area contributed by atoms with E-state index in [9.17, 15) is 0 Å². The van der Waals surface area contributed by atoms with Gasteiger partial charge in [0.1, 0.15) is 0 Å². The van der Waals surface area contributed by atoms with E-state index in [4.69, 9.17) is 5.26 Å². The SMILES string of the molecule is CC1CCCC(Nc2cccc(C#N)c2)CC1. The van der Waals surface area contributed by atoms with Crippen molar-refractivity contribution in [1.29, 1.82) is 5.26 Å². The summed E-state index contributed by atoms with van der Waals surface area (Å²) < 4.78 is 0. The highest BCUT2D eigenvalue weighted by molar-refractivity contribution is 5.49. The normalized spacial score (nSPS) is 24.7. The van der Waals surface area contributed by atoms with Crippen molar-refractivity contribution in [2.75, 3.05) is 5.32 Å². The summed E-state index contributed by atoms with van der Waals surface area (Å²) in [6, 6.07) is 10.5. The summed E-state index contributed by atoms with van der Waals surface area (Å²) in [7, 11) is 0. The zero-order chi connectivity index (χ0) is 12.1. The summed E-state index contributed by atoms with van der Waals surface area (Å²) in [5.41, 5.74) is 1.82. The van der Waals surface area contributed by atoms with Crippen LogP contribution in [0.1, 0.15) is 44.6 Å². The van der Waals surface area contributed by atoms with E-state index in [2.05, 4.69) is 24.4 Å². The Bertz CT molecular complexity index is 406. The number of benzene rings is 1. The lowest BCUT2D eigenvalue weighted by Gasteiger charge is -2.17. The minimum absolute atomic E-state index is 0.578. The standard InChI is InChI=1S/C15H20N2/c1-12-4-2-6-14(9-8-12)17-15-7-3-5-13(10-15)11-16/h3,5,7,10,12,14,17H,2,4,6,8-9H2,1H3. The molecule has 1 aliphatic rings. The van der Waals surface area contributed by atoms with E-state index in [-0.39, 0.29) is 0 Å². The molecule has 1 fully saturated rings. The fourth-order valence-corrected chi connectivity index (χ4v) is 2.55. The van der Waals surface area contributed by atoms with Crippen LogP contribution in [0.3, 0.4) is 0 Å². The predicted molar refractivity (Wildman–Crippen MR) is 70.8 cm³/mol. The summed E-state index contributed by atoms with van der Waals surface area (Å²) >= 11 is 0. The quantitative estimate of drug-likeness (QED) is 0.778. The Morgan fingerprint density at radius 2 is 2.12 bits per heavy atom. The molecule has 17 heavy (non-hydrogen) atoms. The number of anilines is 1. The molecule has 1 N–H and O–H groups in total. The van der Waals surface area contributed by atoms with Gasteiger partial charge in [0.2, 0.25) is 0 Å². The molecule has 0 spiro atoms. The third-order valence-electron chi connectivity index (χ3n) is 3.62. The Hall–Kier alpha value is -1.49. The first-order valence-electron chi connectivity index (χ1n) is 6.54. The van der Waals surface area contributed by atoms with E-state index >= 15 is 0 Å². The number of nitrogens with one attached hydrogen (secondary N) is 1. The monoisotopic (exact) mass is 228 g/mol. The van der Waals surface area contributed by atoms with Crippen LogP contribution in [0.5, 0.6) is 0 Å². The van der Waals surface area contributed by atoms with Crippen molar-refractivity contribution in [1.82, 2.24) is 0 Å². The van der Waals surface area contributed by atoms with Crippen LogP contribution in [-0.2, 0) is 0 Å². The summed E-state index contributed by atoms with van der Waals surface area (Å²) in [5, 5.41) is 12.4. The maximum absolute atomic E-state index is 8.87. The Balaban J connectivity index is 1.97. The van der Waals surface area contributed by atoms with E-state index in [0.29, 0.717) is 6.04 Å². The Labute approximate surface area is 104 Å². The first-order chi connectivity index (χ1) is 8.28. The van der Waals surface area contributed by atoms with E-state index in [1.807, 2.05) is 18.2 Å². The first-order valence-corrected chi connectivity index (χ1v) is 6.54. The summed E-state index contributed by atoms with van der Waals surface area (Å²) in [5.74, 6) is 0.868. The molecule has 0 heterocycles. The molecular weight excluding hydrogens is 208 g/mol. The van der Waals surface area contributed by atoms with Gasteiger partial charge in [-0.1, -0.05) is 25.8 Å². The molecular formula is C15H20N2. The molecule has 1 aliphatic carbocycles. The molecule has 0 aromatic heterocycles. The molecule has 2 rings (SSSR count). The van der Waals surface area contributed by atoms with Gasteiger partial charge >= 0.3 is 0 Å². The molecule has 2 nitrogen and oxygen atoms in total. The van der Waals surface area contributed by atoms with Gasteiger partial charge in [0.25, 0.3) is 0 Å². The number of nitriles is 1. The van der Waals surface area contributed by atoms with E-state index in [1.54, 1.807) is 0 Å². The highest BCUT2D eigenvalue weighted by Gasteiger charge is 2.15. The minimum atomic E-state index is 0.578. The summed E-state index contributed by atoms with van der Waals surface area (Å²) in [6.07, 6.45) is 6.49. The van der Waals surface area contributed by atoms with Gasteiger partial charge in [-0.3, -0.25) is 0 Å². The number of rotatable bonds is 2. The minimum Gasteiger partial charge on any atom is -0.382 e. The first kappa shape index (κ1) is 12.0. The number of hydrogen-bond donors (Lipinski definition) is 1. The van der Waals surface area contributed by atoms with Crippen LogP contribution in [-0.4, -0.2) is 6.04 Å². The van der Waals surface area contributed by atoms with Crippen LogP contribution in [0.2, 0.25) is 0 Å². The Morgan fingerprint density at radius 1 is 1.24 bits per heavy atom. The van der Waals surface area contributed by atoms with Crippen LogP contribution in [0.15, 0.2) is 24.3 Å². The fraction of sp³-hybridized carbons (Fsp3) is 0.533. The Morgan fingerprint density at radius 3 is 2.94 bits per heavy atom. The second kappa shape index (κ2) is 5.72. The zero-order valence-electron chi connectivity index (χ0n) is 10.4. The van der Waals surface area contributed by atoms with E-state index in [0.717, 1.165) is 17.2 Å². The molecule has 0 amide bonds. The second-order valence-electron chi connectivity index (χ2n) is 5.15. The van der Waals surface area contributed by atoms with E-state index < -0.39 is 0 Å². The van der Waals surface area contributed by atoms with Gasteiger partial charge < -0.3 is 5.32 Å². The molecule has 0 bridgehead atoms. The van der Waals surface area contributed by atoms with Crippen molar-refractivity contribution in [3.05, 3.63) is 29.8 Å². The van der Waals surface area contributed by atoms with Crippen LogP contribution >= 0.6 is 0 Å². The average molecular weight is 228 g/mol. The maximum atomic E-state index is 8.87. The van der Waals surface area contributed by atoms with E-state index in [1.165, 1.54) is 32.1 Å². The van der Waals surface area contributed by atoms with Crippen LogP contribution in [0, 0.1) is 17.2 Å². The average Bonchev–Trinajstić information content (AvgIpc) is 2.55. The maximum Gasteiger partial charge on any atom is 0.0992 e. The van der Waals surface area contributed by atoms with Gasteiger partial charge in [-0.2, -0.15) is 5.26 Å². The molecule has 2 unspecified atom stereocenters. The third-order valence-corrected chi connectivity index (χ3v) is 3.62. The van der Waals surface area contributed by atoms with Gasteiger partial charge in [0.05, 0.1) is 11.6 Å².